The second-order valence-corrected chi connectivity index (χ2v) is 6.85. The van der Waals surface area contributed by atoms with Gasteiger partial charge in [0.25, 0.3) is 0 Å². The Morgan fingerprint density at radius 1 is 0.630 bits per heavy atom. The number of hydrogen-bond donors (Lipinski definition) is 2. The van der Waals surface area contributed by atoms with E-state index in [4.69, 9.17) is 0 Å². The van der Waals surface area contributed by atoms with Crippen LogP contribution >= 0.6 is 0 Å². The normalized spacial score (nSPS) is 16.5. The van der Waals surface area contributed by atoms with Gasteiger partial charge in [0, 0.05) is 35.3 Å². The molecule has 0 saturated carbocycles. The Kier molecular flexibility index (Phi) is 5.01. The fraction of sp³-hybridized carbons (Fsp3) is 0.125. The van der Waals surface area contributed by atoms with E-state index in [1.807, 2.05) is 72.8 Å². The van der Waals surface area contributed by atoms with Crippen molar-refractivity contribution >= 4 is 22.8 Å². The Hall–Kier alpha value is -3.33. The molecule has 2 N–H and O–H groups in total. The van der Waals surface area contributed by atoms with Crippen molar-refractivity contribution in [3.8, 4) is 0 Å². The fourth-order valence-corrected chi connectivity index (χ4v) is 3.45. The molecule has 3 heteroatoms. The molecule has 0 radical (unpaired) electrons. The van der Waals surface area contributed by atoms with Crippen LogP contribution in [0.5, 0.6) is 0 Å². The van der Waals surface area contributed by atoms with Crippen molar-refractivity contribution in [2.75, 3.05) is 10.6 Å². The zero-order valence-corrected chi connectivity index (χ0v) is 15.1. The number of carbonyl (C=O) groups is 1. The van der Waals surface area contributed by atoms with E-state index < -0.39 is 0 Å². The number of benzene rings is 3. The molecule has 3 nitrogen and oxygen atoms in total. The zero-order valence-electron chi connectivity index (χ0n) is 15.1. The molecule has 1 atom stereocenters. The largest absolute Gasteiger partial charge is 0.359 e. The lowest BCUT2D eigenvalue weighted by molar-refractivity contribution is -0.115. The third kappa shape index (κ3) is 4.45. The first-order chi connectivity index (χ1) is 13.3. The van der Waals surface area contributed by atoms with E-state index in [1.165, 1.54) is 5.56 Å². The number of nitrogens with one attached hydrogen (secondary N) is 2. The number of carbonyl (C=O) groups excluding carboxylic acids is 1. The van der Waals surface area contributed by atoms with Gasteiger partial charge >= 0.3 is 0 Å². The molecule has 1 unspecified atom stereocenters. The molecule has 0 saturated heterocycles. The number of para-hydroxylation sites is 1. The monoisotopic (exact) mass is 354 g/mol. The molecule has 0 aromatic heterocycles. The van der Waals surface area contributed by atoms with Crippen LogP contribution in [0.3, 0.4) is 0 Å². The highest BCUT2D eigenvalue weighted by atomic mass is 16.1. The molecule has 0 amide bonds. The molecule has 1 aliphatic rings. The van der Waals surface area contributed by atoms with Gasteiger partial charge in [-0.3, -0.25) is 4.79 Å². The van der Waals surface area contributed by atoms with Crippen LogP contribution in [0.4, 0.5) is 17.1 Å². The van der Waals surface area contributed by atoms with Crippen molar-refractivity contribution in [3.63, 3.8) is 0 Å². The topological polar surface area (TPSA) is 41.1 Å². The number of rotatable bonds is 5. The first kappa shape index (κ1) is 17.1. The summed E-state index contributed by atoms with van der Waals surface area (Å²) in [6, 6.07) is 28.5. The molecule has 134 valence electrons. The van der Waals surface area contributed by atoms with Crippen molar-refractivity contribution in [1.82, 2.24) is 0 Å². The minimum absolute atomic E-state index is 0.181. The van der Waals surface area contributed by atoms with E-state index in [0.717, 1.165) is 29.2 Å². The van der Waals surface area contributed by atoms with E-state index >= 15 is 0 Å². The molecule has 3 aromatic carbocycles. The van der Waals surface area contributed by atoms with Gasteiger partial charge in [0.15, 0.2) is 5.78 Å². The van der Waals surface area contributed by atoms with E-state index in [0.29, 0.717) is 6.42 Å². The van der Waals surface area contributed by atoms with Crippen molar-refractivity contribution in [2.24, 2.45) is 0 Å². The quantitative estimate of drug-likeness (QED) is 0.602. The minimum atomic E-state index is 0.181. The predicted molar refractivity (Wildman–Crippen MR) is 111 cm³/mol. The molecular weight excluding hydrogens is 332 g/mol. The Labute approximate surface area is 159 Å². The van der Waals surface area contributed by atoms with Crippen LogP contribution in [0.25, 0.3) is 0 Å². The molecule has 0 bridgehead atoms. The molecule has 4 rings (SSSR count). The second-order valence-electron chi connectivity index (χ2n) is 6.85. The smallest absolute Gasteiger partial charge is 0.158 e. The maximum absolute atomic E-state index is 12.2. The maximum atomic E-state index is 12.2. The molecule has 0 heterocycles. The van der Waals surface area contributed by atoms with Gasteiger partial charge in [-0.05, 0) is 54.3 Å². The van der Waals surface area contributed by atoms with Gasteiger partial charge in [0.05, 0.1) is 0 Å². The Morgan fingerprint density at radius 3 is 1.85 bits per heavy atom. The summed E-state index contributed by atoms with van der Waals surface area (Å²) in [6.45, 7) is 0. The summed E-state index contributed by atoms with van der Waals surface area (Å²) in [5, 5.41) is 6.79. The standard InChI is InChI=1S/C24H22N2O/c27-24-16-19(18-7-3-1-4-8-18)15-23(17-24)26-22-13-11-21(12-14-22)25-20-9-5-2-6-10-20/h1-14,17,19,25-26H,15-16H2. The molecule has 27 heavy (non-hydrogen) atoms. The minimum Gasteiger partial charge on any atom is -0.359 e. The van der Waals surface area contributed by atoms with Crippen molar-refractivity contribution in [3.05, 3.63) is 102 Å². The van der Waals surface area contributed by atoms with Crippen LogP contribution in [0.2, 0.25) is 0 Å². The van der Waals surface area contributed by atoms with Crippen LogP contribution in [0, 0.1) is 0 Å². The Bertz CT molecular complexity index is 931. The second kappa shape index (κ2) is 7.92. The Balaban J connectivity index is 1.43. The molecule has 0 spiro atoms. The fourth-order valence-electron chi connectivity index (χ4n) is 3.45. The lowest BCUT2D eigenvalue weighted by atomic mass is 9.85. The summed E-state index contributed by atoms with van der Waals surface area (Å²) < 4.78 is 0. The molecule has 0 fully saturated rings. The molecule has 1 aliphatic carbocycles. The SMILES string of the molecule is O=C1C=C(Nc2ccc(Nc3ccccc3)cc2)CC(c2ccccc2)C1. The first-order valence-corrected chi connectivity index (χ1v) is 9.24. The van der Waals surface area contributed by atoms with Crippen molar-refractivity contribution < 1.29 is 4.79 Å². The van der Waals surface area contributed by atoms with E-state index in [-0.39, 0.29) is 11.7 Å². The van der Waals surface area contributed by atoms with Crippen molar-refractivity contribution in [2.45, 2.75) is 18.8 Å². The van der Waals surface area contributed by atoms with E-state index in [9.17, 15) is 4.79 Å². The zero-order chi connectivity index (χ0) is 18.5. The average molecular weight is 354 g/mol. The maximum Gasteiger partial charge on any atom is 0.158 e. The van der Waals surface area contributed by atoms with E-state index in [2.05, 4.69) is 22.8 Å². The summed E-state index contributed by atoms with van der Waals surface area (Å²) in [5.41, 5.74) is 5.28. The van der Waals surface area contributed by atoms with Crippen LogP contribution in [-0.4, -0.2) is 5.78 Å². The van der Waals surface area contributed by atoms with Gasteiger partial charge in [0.1, 0.15) is 0 Å². The predicted octanol–water partition coefficient (Wildman–Crippen LogP) is 5.87. The number of anilines is 3. The molecular formula is C24H22N2O. The highest BCUT2D eigenvalue weighted by Gasteiger charge is 2.22. The molecule has 3 aromatic rings. The highest BCUT2D eigenvalue weighted by molar-refractivity contribution is 5.92. The summed E-state index contributed by atoms with van der Waals surface area (Å²) in [6.07, 6.45) is 3.17. The van der Waals surface area contributed by atoms with Gasteiger partial charge in [0.2, 0.25) is 0 Å². The number of allylic oxidation sites excluding steroid dienone is 2. The summed E-state index contributed by atoms with van der Waals surface area (Å²) in [5.74, 6) is 0.421. The first-order valence-electron chi connectivity index (χ1n) is 9.24. The Morgan fingerprint density at radius 2 is 1.19 bits per heavy atom. The van der Waals surface area contributed by atoms with Gasteiger partial charge in [-0.1, -0.05) is 48.5 Å². The van der Waals surface area contributed by atoms with Gasteiger partial charge < -0.3 is 10.6 Å². The van der Waals surface area contributed by atoms with Crippen LogP contribution in [0.1, 0.15) is 24.3 Å². The van der Waals surface area contributed by atoms with Crippen molar-refractivity contribution in [1.29, 1.82) is 0 Å². The summed E-state index contributed by atoms with van der Waals surface area (Å²) in [7, 11) is 0. The average Bonchev–Trinajstić information content (AvgIpc) is 2.71. The number of ketones is 1. The van der Waals surface area contributed by atoms with Gasteiger partial charge in [-0.25, -0.2) is 0 Å². The van der Waals surface area contributed by atoms with Gasteiger partial charge in [-0.15, -0.1) is 0 Å². The van der Waals surface area contributed by atoms with Gasteiger partial charge in [-0.2, -0.15) is 0 Å². The van der Waals surface area contributed by atoms with Crippen LogP contribution in [0.15, 0.2) is 96.7 Å². The number of hydrogen-bond acceptors (Lipinski definition) is 3. The van der Waals surface area contributed by atoms with Crippen LogP contribution < -0.4 is 10.6 Å². The summed E-state index contributed by atoms with van der Waals surface area (Å²) in [4.78, 5) is 12.2. The third-order valence-electron chi connectivity index (χ3n) is 4.77. The highest BCUT2D eigenvalue weighted by Crippen LogP contribution is 2.32. The lowest BCUT2D eigenvalue weighted by Crippen LogP contribution is -2.16. The lowest BCUT2D eigenvalue weighted by Gasteiger charge is -2.23. The van der Waals surface area contributed by atoms with E-state index in [1.54, 1.807) is 6.08 Å². The summed E-state index contributed by atoms with van der Waals surface area (Å²) >= 11 is 0. The molecule has 0 aliphatic heterocycles. The van der Waals surface area contributed by atoms with Crippen LogP contribution in [-0.2, 0) is 4.79 Å². The third-order valence-corrected chi connectivity index (χ3v) is 4.77.